The van der Waals surface area contributed by atoms with Crippen molar-refractivity contribution in [2.75, 3.05) is 19.6 Å². The number of allylic oxidation sites excluding steroid dienone is 1. The van der Waals surface area contributed by atoms with Crippen LogP contribution in [0.3, 0.4) is 0 Å². The van der Waals surface area contributed by atoms with Crippen LogP contribution in [-0.4, -0.2) is 61.0 Å². The Labute approximate surface area is 242 Å². The number of sulfonamides is 1. The average molecular weight is 585 g/mol. The van der Waals surface area contributed by atoms with E-state index < -0.39 is 38.4 Å². The van der Waals surface area contributed by atoms with Gasteiger partial charge in [-0.05, 0) is 70.1 Å². The summed E-state index contributed by atoms with van der Waals surface area (Å²) in [7, 11) is -3.94. The van der Waals surface area contributed by atoms with Crippen molar-refractivity contribution >= 4 is 21.6 Å². The zero-order valence-electron chi connectivity index (χ0n) is 23.7. The van der Waals surface area contributed by atoms with Crippen LogP contribution in [0.5, 0.6) is 0 Å². The molecule has 1 aliphatic carbocycles. The van der Waals surface area contributed by atoms with Crippen molar-refractivity contribution in [1.82, 2.24) is 14.9 Å². The van der Waals surface area contributed by atoms with Crippen molar-refractivity contribution < 1.29 is 23.2 Å². The van der Waals surface area contributed by atoms with Crippen LogP contribution < -0.4 is 10.0 Å². The van der Waals surface area contributed by atoms with Gasteiger partial charge in [-0.2, -0.15) is 0 Å². The van der Waals surface area contributed by atoms with Gasteiger partial charge in [-0.15, -0.1) is 0 Å². The molecule has 0 aromatic heterocycles. The van der Waals surface area contributed by atoms with Crippen molar-refractivity contribution in [3.8, 4) is 0 Å². The number of nitrogens with one attached hydrogen (secondary N) is 2. The molecule has 4 rings (SSSR count). The summed E-state index contributed by atoms with van der Waals surface area (Å²) in [5, 5.41) is 26.1. The number of non-ortho nitro benzene ring substituents is 1. The van der Waals surface area contributed by atoms with E-state index in [1.54, 1.807) is 24.3 Å². The van der Waals surface area contributed by atoms with Gasteiger partial charge < -0.3 is 15.3 Å². The predicted octanol–water partition coefficient (Wildman–Crippen LogP) is 3.87. The number of nitro benzene ring substituents is 1. The molecule has 1 saturated carbocycles. The van der Waals surface area contributed by atoms with Crippen molar-refractivity contribution in [1.29, 1.82) is 0 Å². The molecule has 0 radical (unpaired) electrons. The Morgan fingerprint density at radius 3 is 2.32 bits per heavy atom. The maximum Gasteiger partial charge on any atom is 0.269 e. The number of nitro groups is 1. The van der Waals surface area contributed by atoms with Crippen molar-refractivity contribution in [3.63, 3.8) is 0 Å². The molecule has 1 saturated heterocycles. The zero-order chi connectivity index (χ0) is 29.6. The standard InChI is InChI=1S/C30H40N4O6S/c1-22(2)7-6-18-33-19-16-25(17-20-33)31-29(35)30(36,23-8-4-3-5-9-23)24-10-11-26(21-24)32-41(39,40)28-14-12-27(13-15-28)34(37)38/h3-5,7-9,12-15,24-26,32,36H,6,10-11,16-21H2,1-2H3,(H,31,35)/t24-,26-,30-/m0/s1. The average Bonchev–Trinajstić information content (AvgIpc) is 3.42. The minimum atomic E-state index is -3.94. The van der Waals surface area contributed by atoms with E-state index in [9.17, 15) is 28.4 Å². The SMILES string of the molecule is CC(C)=CCCN1CCC(NC(=O)[C@](O)(c2ccccc2)[C@H]2CC[C@H](NS(=O)(=O)c3ccc([N+](=O)[O-])cc3)C2)CC1. The molecule has 1 heterocycles. The van der Waals surface area contributed by atoms with Gasteiger partial charge in [-0.1, -0.05) is 42.0 Å². The van der Waals surface area contributed by atoms with E-state index in [1.807, 2.05) is 6.07 Å². The highest BCUT2D eigenvalue weighted by Crippen LogP contribution is 2.41. The molecule has 11 heteroatoms. The van der Waals surface area contributed by atoms with E-state index >= 15 is 0 Å². The summed E-state index contributed by atoms with van der Waals surface area (Å²) in [5.41, 5.74) is -0.213. The lowest BCUT2D eigenvalue weighted by Crippen LogP contribution is -2.54. The molecule has 2 aliphatic rings. The van der Waals surface area contributed by atoms with E-state index in [-0.39, 0.29) is 23.0 Å². The highest BCUT2D eigenvalue weighted by molar-refractivity contribution is 7.89. The number of hydrogen-bond acceptors (Lipinski definition) is 7. The van der Waals surface area contributed by atoms with Crippen LogP contribution in [0.15, 0.2) is 71.1 Å². The van der Waals surface area contributed by atoms with Crippen LogP contribution in [0.1, 0.15) is 57.9 Å². The number of carbonyl (C=O) groups excluding carboxylic acids is 1. The first-order chi connectivity index (χ1) is 19.5. The van der Waals surface area contributed by atoms with Gasteiger partial charge in [0, 0.05) is 49.8 Å². The smallest absolute Gasteiger partial charge is 0.269 e. The molecular weight excluding hydrogens is 544 g/mol. The molecule has 1 aliphatic heterocycles. The van der Waals surface area contributed by atoms with Crippen LogP contribution in [-0.2, 0) is 20.4 Å². The number of aliphatic hydroxyl groups is 1. The Bertz CT molecular complexity index is 1340. The minimum absolute atomic E-state index is 0.0460. The van der Waals surface area contributed by atoms with Gasteiger partial charge in [0.2, 0.25) is 10.0 Å². The Morgan fingerprint density at radius 2 is 1.71 bits per heavy atom. The quantitative estimate of drug-likeness (QED) is 0.207. The summed E-state index contributed by atoms with van der Waals surface area (Å²) < 4.78 is 28.6. The first-order valence-electron chi connectivity index (χ1n) is 14.2. The normalized spacial score (nSPS) is 21.6. The van der Waals surface area contributed by atoms with Gasteiger partial charge in [0.15, 0.2) is 5.60 Å². The Balaban J connectivity index is 1.42. The van der Waals surface area contributed by atoms with Crippen LogP contribution >= 0.6 is 0 Å². The lowest BCUT2D eigenvalue weighted by molar-refractivity contribution is -0.384. The molecule has 3 N–H and O–H groups in total. The van der Waals surface area contributed by atoms with E-state index in [4.69, 9.17) is 0 Å². The third-order valence-corrected chi connectivity index (χ3v) is 9.72. The van der Waals surface area contributed by atoms with E-state index in [0.29, 0.717) is 18.4 Å². The topological polar surface area (TPSA) is 142 Å². The van der Waals surface area contributed by atoms with Crippen molar-refractivity contribution in [2.24, 2.45) is 5.92 Å². The van der Waals surface area contributed by atoms with Gasteiger partial charge in [-0.25, -0.2) is 13.1 Å². The molecule has 41 heavy (non-hydrogen) atoms. The fourth-order valence-electron chi connectivity index (χ4n) is 5.88. The summed E-state index contributed by atoms with van der Waals surface area (Å²) in [6.07, 6.45) is 6.01. The third kappa shape index (κ3) is 7.59. The van der Waals surface area contributed by atoms with Crippen LogP contribution in [0.25, 0.3) is 0 Å². The number of nitrogens with zero attached hydrogens (tertiary/aromatic N) is 2. The molecule has 0 unspecified atom stereocenters. The maximum atomic E-state index is 13.8. The molecule has 3 atom stereocenters. The second-order valence-electron chi connectivity index (χ2n) is 11.4. The Kier molecular flexibility index (Phi) is 9.96. The lowest BCUT2D eigenvalue weighted by Gasteiger charge is -2.37. The number of rotatable bonds is 11. The molecule has 2 aromatic carbocycles. The number of amides is 1. The van der Waals surface area contributed by atoms with Gasteiger partial charge in [0.05, 0.1) is 9.82 Å². The van der Waals surface area contributed by atoms with Crippen molar-refractivity contribution in [3.05, 3.63) is 81.9 Å². The van der Waals surface area contributed by atoms with E-state index in [2.05, 4.69) is 34.9 Å². The highest BCUT2D eigenvalue weighted by Gasteiger charge is 2.49. The Hall–Kier alpha value is -3.12. The molecule has 0 spiro atoms. The fraction of sp³-hybridized carbons (Fsp3) is 0.500. The number of piperidine rings is 1. The Morgan fingerprint density at radius 1 is 1.05 bits per heavy atom. The molecule has 10 nitrogen and oxygen atoms in total. The minimum Gasteiger partial charge on any atom is -0.375 e. The zero-order valence-corrected chi connectivity index (χ0v) is 24.5. The van der Waals surface area contributed by atoms with Gasteiger partial charge in [-0.3, -0.25) is 14.9 Å². The summed E-state index contributed by atoms with van der Waals surface area (Å²) in [6.45, 7) is 6.92. The maximum absolute atomic E-state index is 13.8. The largest absolute Gasteiger partial charge is 0.375 e. The molecule has 0 bridgehead atoms. The second kappa shape index (κ2) is 13.2. The number of benzene rings is 2. The first-order valence-corrected chi connectivity index (χ1v) is 15.7. The van der Waals surface area contributed by atoms with Crippen LogP contribution in [0.4, 0.5) is 5.69 Å². The van der Waals surface area contributed by atoms with Crippen molar-refractivity contribution in [2.45, 2.75) is 75.0 Å². The number of carbonyl (C=O) groups is 1. The van der Waals surface area contributed by atoms with Crippen LogP contribution in [0.2, 0.25) is 0 Å². The summed E-state index contributed by atoms with van der Waals surface area (Å²) in [4.78, 5) is 26.4. The van der Waals surface area contributed by atoms with Gasteiger partial charge in [0.25, 0.3) is 11.6 Å². The second-order valence-corrected chi connectivity index (χ2v) is 13.1. The number of hydrogen-bond donors (Lipinski definition) is 3. The number of likely N-dealkylation sites (tertiary alicyclic amines) is 1. The molecule has 2 aromatic rings. The summed E-state index contributed by atoms with van der Waals surface area (Å²) >= 11 is 0. The predicted molar refractivity (Wildman–Crippen MR) is 157 cm³/mol. The highest BCUT2D eigenvalue weighted by atomic mass is 32.2. The molecule has 222 valence electrons. The molecular formula is C30H40N4O6S. The molecule has 2 fully saturated rings. The van der Waals surface area contributed by atoms with Crippen LogP contribution in [0, 0.1) is 16.0 Å². The third-order valence-electron chi connectivity index (χ3n) is 8.18. The van der Waals surface area contributed by atoms with Gasteiger partial charge >= 0.3 is 0 Å². The summed E-state index contributed by atoms with van der Waals surface area (Å²) in [5.74, 6) is -0.950. The molecule has 1 amide bonds. The summed E-state index contributed by atoms with van der Waals surface area (Å²) in [6, 6.07) is 13.0. The van der Waals surface area contributed by atoms with E-state index in [1.165, 1.54) is 17.7 Å². The fourth-order valence-corrected chi connectivity index (χ4v) is 7.16. The van der Waals surface area contributed by atoms with E-state index in [0.717, 1.165) is 51.0 Å². The monoisotopic (exact) mass is 584 g/mol. The first kappa shape index (κ1) is 30.8. The lowest BCUT2D eigenvalue weighted by atomic mass is 9.79. The van der Waals surface area contributed by atoms with Gasteiger partial charge in [0.1, 0.15) is 0 Å².